The zero-order valence-electron chi connectivity index (χ0n) is 30.3. The Morgan fingerprint density at radius 3 is 1.98 bits per heavy atom. The van der Waals surface area contributed by atoms with Gasteiger partial charge in [0.25, 0.3) is 0 Å². The molecule has 0 amide bonds. The third kappa shape index (κ3) is 5.36. The van der Waals surface area contributed by atoms with Crippen LogP contribution in [0.5, 0.6) is 0 Å². The molecule has 260 valence electrons. The van der Waals surface area contributed by atoms with Gasteiger partial charge in [0.1, 0.15) is 11.2 Å². The van der Waals surface area contributed by atoms with Crippen LogP contribution < -0.4 is 0 Å². The molecular weight excluding hydrogens is 667 g/mol. The Morgan fingerprint density at radius 2 is 1.16 bits per heavy atom. The van der Waals surface area contributed by atoms with Crippen molar-refractivity contribution in [3.8, 4) is 33.4 Å². The minimum atomic E-state index is 0.112. The largest absolute Gasteiger partial charge is 0.456 e. The fourth-order valence-corrected chi connectivity index (χ4v) is 9.24. The number of benzene rings is 8. The van der Waals surface area contributed by atoms with Gasteiger partial charge in [-0.15, -0.1) is 0 Å². The lowest BCUT2D eigenvalue weighted by Gasteiger charge is -2.29. The minimum absolute atomic E-state index is 0.112. The average Bonchev–Trinajstić information content (AvgIpc) is 3.82. The number of rotatable bonds is 6. The molecule has 1 aromatic heterocycles. The maximum absolute atomic E-state index is 7.17. The van der Waals surface area contributed by atoms with E-state index in [1.807, 2.05) is 0 Å². The van der Waals surface area contributed by atoms with Crippen molar-refractivity contribution >= 4 is 33.3 Å². The highest BCUT2D eigenvalue weighted by Gasteiger charge is 2.33. The Hall–Kier alpha value is -6.77. The number of hydrogen-bond acceptors (Lipinski definition) is 2. The van der Waals surface area contributed by atoms with Crippen LogP contribution in [0.15, 0.2) is 197 Å². The molecule has 2 heteroatoms. The van der Waals surface area contributed by atoms with Crippen molar-refractivity contribution in [2.45, 2.75) is 24.7 Å². The summed E-state index contributed by atoms with van der Waals surface area (Å²) in [6, 6.07) is 68.2. The van der Waals surface area contributed by atoms with Crippen LogP contribution in [0.3, 0.4) is 0 Å². The highest BCUT2D eigenvalue weighted by Crippen LogP contribution is 2.49. The smallest absolute Gasteiger partial charge is 0.139 e. The van der Waals surface area contributed by atoms with E-state index in [4.69, 9.17) is 9.41 Å². The molecule has 2 heterocycles. The van der Waals surface area contributed by atoms with Gasteiger partial charge < -0.3 is 4.42 Å². The van der Waals surface area contributed by atoms with Gasteiger partial charge in [-0.1, -0.05) is 164 Å². The highest BCUT2D eigenvalue weighted by atomic mass is 16.3. The monoisotopic (exact) mass is 703 g/mol. The Bertz CT molecular complexity index is 2920. The van der Waals surface area contributed by atoms with E-state index in [1.54, 1.807) is 0 Å². The Morgan fingerprint density at radius 1 is 0.491 bits per heavy atom. The molecule has 55 heavy (non-hydrogen) atoms. The van der Waals surface area contributed by atoms with Crippen LogP contribution in [0, 0.1) is 0 Å². The molecule has 9 aromatic rings. The summed E-state index contributed by atoms with van der Waals surface area (Å²) in [5.74, 6) is 0.247. The summed E-state index contributed by atoms with van der Waals surface area (Å²) in [5.41, 5.74) is 19.1. The lowest BCUT2D eigenvalue weighted by atomic mass is 9.74. The molecule has 0 saturated heterocycles. The van der Waals surface area contributed by atoms with E-state index in [0.717, 1.165) is 62.9 Å². The minimum Gasteiger partial charge on any atom is -0.456 e. The summed E-state index contributed by atoms with van der Waals surface area (Å²) in [6.45, 7) is 0. The van der Waals surface area contributed by atoms with Crippen LogP contribution in [0.1, 0.15) is 45.2 Å². The van der Waals surface area contributed by atoms with Crippen molar-refractivity contribution < 1.29 is 4.42 Å². The van der Waals surface area contributed by atoms with E-state index in [-0.39, 0.29) is 11.8 Å². The number of aliphatic imine (C=N–C) groups is 1. The van der Waals surface area contributed by atoms with Gasteiger partial charge in [0.15, 0.2) is 0 Å². The van der Waals surface area contributed by atoms with Crippen molar-refractivity contribution in [3.05, 3.63) is 221 Å². The lowest BCUT2D eigenvalue weighted by Crippen LogP contribution is -2.14. The summed E-state index contributed by atoms with van der Waals surface area (Å²) in [6.07, 6.45) is 1.78. The normalized spacial score (nSPS) is 15.7. The predicted octanol–water partition coefficient (Wildman–Crippen LogP) is 13.7. The third-order valence-corrected chi connectivity index (χ3v) is 11.8. The second-order valence-electron chi connectivity index (χ2n) is 15.0. The number of nitrogens with zero attached hydrogens (tertiary/aromatic N) is 1. The summed E-state index contributed by atoms with van der Waals surface area (Å²) in [5, 5.41) is 2.28. The molecule has 1 unspecified atom stereocenters. The van der Waals surface area contributed by atoms with E-state index in [9.17, 15) is 0 Å². The molecule has 2 nitrogen and oxygen atoms in total. The second kappa shape index (κ2) is 13.0. The van der Waals surface area contributed by atoms with Gasteiger partial charge in [0, 0.05) is 33.7 Å². The van der Waals surface area contributed by atoms with Crippen LogP contribution in [0.4, 0.5) is 5.69 Å². The Labute approximate surface area is 321 Å². The summed E-state index contributed by atoms with van der Waals surface area (Å²) >= 11 is 0. The summed E-state index contributed by atoms with van der Waals surface area (Å²) in [4.78, 5) is 5.45. The standard InChI is InChI=1S/C53H37NO/c1-4-15-34(16-5-1)29-47-42-23-12-13-26-49(42)54-52(47)48-32-39(36-19-8-3-9-20-36)33-50-51(48)44-25-14-24-43(53(44)55-50)46-31-38-21-10-11-22-40(38)45-30-37(27-28-41(45)46)35-17-6-2-7-18-35/h1-28,30,32-33,46-47H,29,31H2/t46?,47-/m0/s1. The molecule has 1 aliphatic heterocycles. The van der Waals surface area contributed by atoms with Crippen molar-refractivity contribution in [3.63, 3.8) is 0 Å². The second-order valence-corrected chi connectivity index (χ2v) is 15.0. The third-order valence-electron chi connectivity index (χ3n) is 11.8. The predicted molar refractivity (Wildman–Crippen MR) is 228 cm³/mol. The number of fused-ring (bicyclic) bond motifs is 7. The average molecular weight is 704 g/mol. The summed E-state index contributed by atoms with van der Waals surface area (Å²) < 4.78 is 7.17. The number of hydrogen-bond donors (Lipinski definition) is 0. The molecule has 8 aromatic carbocycles. The van der Waals surface area contributed by atoms with Crippen LogP contribution >= 0.6 is 0 Å². The van der Waals surface area contributed by atoms with Crippen LogP contribution in [0.2, 0.25) is 0 Å². The van der Waals surface area contributed by atoms with E-state index < -0.39 is 0 Å². The van der Waals surface area contributed by atoms with E-state index in [0.29, 0.717) is 0 Å². The zero-order chi connectivity index (χ0) is 36.3. The molecule has 0 radical (unpaired) electrons. The fourth-order valence-electron chi connectivity index (χ4n) is 9.24. The molecule has 2 atom stereocenters. The van der Waals surface area contributed by atoms with E-state index in [2.05, 4.69) is 188 Å². The van der Waals surface area contributed by atoms with Crippen molar-refractivity contribution in [2.75, 3.05) is 0 Å². The zero-order valence-corrected chi connectivity index (χ0v) is 30.3. The first-order valence-corrected chi connectivity index (χ1v) is 19.3. The molecule has 2 aliphatic rings. The maximum Gasteiger partial charge on any atom is 0.139 e. The van der Waals surface area contributed by atoms with E-state index >= 15 is 0 Å². The quantitative estimate of drug-likeness (QED) is 0.169. The van der Waals surface area contributed by atoms with Crippen molar-refractivity contribution in [1.29, 1.82) is 0 Å². The molecule has 0 saturated carbocycles. The Balaban J connectivity index is 1.13. The molecule has 0 N–H and O–H groups in total. The fraction of sp³-hybridized carbons (Fsp3) is 0.0755. The first-order chi connectivity index (χ1) is 27.3. The molecule has 11 rings (SSSR count). The first-order valence-electron chi connectivity index (χ1n) is 19.3. The van der Waals surface area contributed by atoms with Gasteiger partial charge >= 0.3 is 0 Å². The van der Waals surface area contributed by atoms with Crippen molar-refractivity contribution in [2.24, 2.45) is 4.99 Å². The maximum atomic E-state index is 7.17. The SMILES string of the molecule is c1ccc(C[C@@H]2C(c3cc(-c4ccccc4)cc4oc5c(C6Cc7ccccc7-c7cc(-c8ccccc8)ccc76)cccc5c34)=Nc3ccccc32)cc1. The van der Waals surface area contributed by atoms with Gasteiger partial charge in [0.05, 0.1) is 11.4 Å². The van der Waals surface area contributed by atoms with Gasteiger partial charge in [-0.2, -0.15) is 0 Å². The summed E-state index contributed by atoms with van der Waals surface area (Å²) in [7, 11) is 0. The molecule has 1 aliphatic carbocycles. The number of para-hydroxylation sites is 2. The Kier molecular flexibility index (Phi) is 7.48. The van der Waals surface area contributed by atoms with Gasteiger partial charge in [-0.25, -0.2) is 0 Å². The molecule has 0 spiro atoms. The van der Waals surface area contributed by atoms with Crippen LogP contribution in [-0.4, -0.2) is 5.71 Å². The lowest BCUT2D eigenvalue weighted by molar-refractivity contribution is 0.654. The van der Waals surface area contributed by atoms with Crippen LogP contribution in [-0.2, 0) is 12.8 Å². The number of furan rings is 1. The van der Waals surface area contributed by atoms with Gasteiger partial charge in [-0.3, -0.25) is 4.99 Å². The van der Waals surface area contributed by atoms with Crippen LogP contribution in [0.25, 0.3) is 55.3 Å². The highest BCUT2D eigenvalue weighted by molar-refractivity contribution is 6.23. The van der Waals surface area contributed by atoms with Gasteiger partial charge in [0.2, 0.25) is 0 Å². The first kappa shape index (κ1) is 31.7. The molecule has 0 bridgehead atoms. The molecule has 0 fully saturated rings. The van der Waals surface area contributed by atoms with Crippen molar-refractivity contribution in [1.82, 2.24) is 0 Å². The molecular formula is C53H37NO. The van der Waals surface area contributed by atoms with E-state index in [1.165, 1.54) is 50.1 Å². The topological polar surface area (TPSA) is 25.5 Å². The van der Waals surface area contributed by atoms with Gasteiger partial charge in [-0.05, 0) is 92.7 Å².